The van der Waals surface area contributed by atoms with Crippen molar-refractivity contribution in [1.82, 2.24) is 26.3 Å². The van der Waals surface area contributed by atoms with Crippen LogP contribution in [0.5, 0.6) is 0 Å². The summed E-state index contributed by atoms with van der Waals surface area (Å²) in [5.74, 6) is -1.52. The first-order valence-electron chi connectivity index (χ1n) is 18.9. The van der Waals surface area contributed by atoms with Gasteiger partial charge >= 0.3 is 5.97 Å². The van der Waals surface area contributed by atoms with Crippen LogP contribution in [0.4, 0.5) is 0 Å². The summed E-state index contributed by atoms with van der Waals surface area (Å²) in [5.41, 5.74) is 8.52. The Balaban J connectivity index is 0.00000627. The van der Waals surface area contributed by atoms with E-state index in [4.69, 9.17) is 10.5 Å². The number of carbonyl (C=O) groups is 5. The van der Waals surface area contributed by atoms with Crippen LogP contribution in [0.1, 0.15) is 96.1 Å². The number of fused-ring (bicyclic) bond motifs is 1. The van der Waals surface area contributed by atoms with Gasteiger partial charge in [0.15, 0.2) is 0 Å². The van der Waals surface area contributed by atoms with Gasteiger partial charge in [-0.3, -0.25) is 24.0 Å². The predicted octanol–water partition coefficient (Wildman–Crippen LogP) is 4.35. The number of cyclic esters (lactones) is 1. The maximum Gasteiger partial charge on any atom is 0.308 e. The SMILES string of the molecule is C.C[C@H]1OC(=O)C[C@H]1NC(=O)C[C@H](CCCCN)NC(=O)[C@@H](Cc1c[nH]c2ccccc12)NC(=O)C[C@H](Cc1ccccc1)NC(=O)C1CCCCC1. The summed E-state index contributed by atoms with van der Waals surface area (Å²) in [6.07, 6.45) is 8.97. The van der Waals surface area contributed by atoms with Crippen molar-refractivity contribution in [3.63, 3.8) is 0 Å². The minimum Gasteiger partial charge on any atom is -0.460 e. The smallest absolute Gasteiger partial charge is 0.308 e. The summed E-state index contributed by atoms with van der Waals surface area (Å²) >= 11 is 0. The van der Waals surface area contributed by atoms with Crippen molar-refractivity contribution < 1.29 is 28.7 Å². The average Bonchev–Trinajstić information content (AvgIpc) is 3.69. The minimum atomic E-state index is -0.959. The molecule has 2 fully saturated rings. The van der Waals surface area contributed by atoms with Crippen LogP contribution in [0, 0.1) is 5.92 Å². The zero-order chi connectivity index (χ0) is 36.9. The highest BCUT2D eigenvalue weighted by Crippen LogP contribution is 2.24. The topological polar surface area (TPSA) is 185 Å². The van der Waals surface area contributed by atoms with Gasteiger partial charge in [0.05, 0.1) is 12.5 Å². The number of nitrogens with two attached hydrogens (primary N) is 1. The van der Waals surface area contributed by atoms with Gasteiger partial charge in [-0.05, 0) is 62.8 Å². The Morgan fingerprint density at radius 3 is 2.30 bits per heavy atom. The van der Waals surface area contributed by atoms with Crippen LogP contribution >= 0.6 is 0 Å². The molecule has 2 heterocycles. The lowest BCUT2D eigenvalue weighted by molar-refractivity contribution is -0.141. The summed E-state index contributed by atoms with van der Waals surface area (Å²) < 4.78 is 5.18. The molecule has 2 aromatic carbocycles. The van der Waals surface area contributed by atoms with Gasteiger partial charge in [-0.25, -0.2) is 0 Å². The minimum absolute atomic E-state index is 0. The zero-order valence-electron chi connectivity index (χ0n) is 30.2. The fourth-order valence-electron chi connectivity index (χ4n) is 7.37. The molecule has 5 atom stereocenters. The zero-order valence-corrected chi connectivity index (χ0v) is 30.2. The van der Waals surface area contributed by atoms with Crippen molar-refractivity contribution in [3.05, 3.63) is 71.9 Å². The largest absolute Gasteiger partial charge is 0.460 e. The molecule has 2 aliphatic rings. The molecule has 0 spiro atoms. The number of para-hydroxylation sites is 1. The Kier molecular flexibility index (Phi) is 15.9. The van der Waals surface area contributed by atoms with Crippen LogP contribution in [0.25, 0.3) is 10.9 Å². The number of carbonyl (C=O) groups excluding carboxylic acids is 5. The fraction of sp³-hybridized carbons (Fsp3) is 0.537. The molecule has 1 saturated heterocycles. The summed E-state index contributed by atoms with van der Waals surface area (Å²) in [4.78, 5) is 69.5. The highest BCUT2D eigenvalue weighted by atomic mass is 16.6. The van der Waals surface area contributed by atoms with Crippen molar-refractivity contribution in [1.29, 1.82) is 0 Å². The van der Waals surface area contributed by atoms with Gasteiger partial charge in [-0.2, -0.15) is 0 Å². The summed E-state index contributed by atoms with van der Waals surface area (Å²) in [6.45, 7) is 2.22. The van der Waals surface area contributed by atoms with Crippen molar-refractivity contribution >= 4 is 40.5 Å². The first-order chi connectivity index (χ1) is 25.2. The van der Waals surface area contributed by atoms with Crippen LogP contribution in [0.3, 0.4) is 0 Å². The summed E-state index contributed by atoms with van der Waals surface area (Å²) in [7, 11) is 0. The van der Waals surface area contributed by atoms with Crippen LogP contribution in [-0.2, 0) is 41.6 Å². The van der Waals surface area contributed by atoms with Crippen molar-refractivity contribution in [2.75, 3.05) is 6.54 Å². The van der Waals surface area contributed by atoms with Crippen LogP contribution in [-0.4, -0.2) is 71.4 Å². The van der Waals surface area contributed by atoms with E-state index in [1.165, 1.54) is 0 Å². The molecule has 5 rings (SSSR count). The molecule has 0 radical (unpaired) electrons. The van der Waals surface area contributed by atoms with Gasteiger partial charge in [0, 0.05) is 54.4 Å². The Hall–Kier alpha value is -4.71. The van der Waals surface area contributed by atoms with E-state index in [0.29, 0.717) is 25.8 Å². The number of ether oxygens (including phenoxy) is 1. The van der Waals surface area contributed by atoms with Crippen molar-refractivity contribution in [2.45, 2.75) is 128 Å². The third-order valence-corrected chi connectivity index (χ3v) is 10.2. The Morgan fingerprint density at radius 1 is 0.868 bits per heavy atom. The normalized spacial score (nSPS) is 18.9. The van der Waals surface area contributed by atoms with Gasteiger partial charge in [0.25, 0.3) is 0 Å². The van der Waals surface area contributed by atoms with E-state index < -0.39 is 36.2 Å². The second kappa shape index (κ2) is 20.5. The molecule has 12 heteroatoms. The van der Waals surface area contributed by atoms with Crippen molar-refractivity contribution in [2.24, 2.45) is 11.7 Å². The Morgan fingerprint density at radius 2 is 1.58 bits per heavy atom. The van der Waals surface area contributed by atoms with Gasteiger partial charge < -0.3 is 36.7 Å². The number of nitrogens with one attached hydrogen (secondary N) is 5. The monoisotopic (exact) mass is 730 g/mol. The maximum atomic E-state index is 14.1. The number of esters is 1. The lowest BCUT2D eigenvalue weighted by Crippen LogP contribution is -2.53. The summed E-state index contributed by atoms with van der Waals surface area (Å²) in [5, 5.41) is 13.0. The van der Waals surface area contributed by atoms with Crippen LogP contribution in [0.15, 0.2) is 60.8 Å². The van der Waals surface area contributed by atoms with E-state index in [9.17, 15) is 24.0 Å². The molecule has 3 aromatic rings. The second-order valence-corrected chi connectivity index (χ2v) is 14.4. The highest BCUT2D eigenvalue weighted by Gasteiger charge is 2.34. The number of rotatable bonds is 18. The quantitative estimate of drug-likeness (QED) is 0.0830. The number of hydrogen-bond acceptors (Lipinski definition) is 7. The molecule has 1 aliphatic heterocycles. The predicted molar refractivity (Wildman–Crippen MR) is 205 cm³/mol. The summed E-state index contributed by atoms with van der Waals surface area (Å²) in [6, 6.07) is 15.1. The maximum absolute atomic E-state index is 14.1. The molecule has 1 aliphatic carbocycles. The molecular formula is C41H58N6O6. The molecule has 12 nitrogen and oxygen atoms in total. The number of aromatic nitrogens is 1. The van der Waals surface area contributed by atoms with E-state index in [1.54, 1.807) is 6.92 Å². The molecule has 53 heavy (non-hydrogen) atoms. The number of benzene rings is 2. The van der Waals surface area contributed by atoms with Gasteiger partial charge in [-0.15, -0.1) is 0 Å². The highest BCUT2D eigenvalue weighted by molar-refractivity contribution is 5.90. The van der Waals surface area contributed by atoms with Crippen LogP contribution < -0.4 is 27.0 Å². The van der Waals surface area contributed by atoms with E-state index >= 15 is 0 Å². The van der Waals surface area contributed by atoms with E-state index in [1.807, 2.05) is 60.8 Å². The van der Waals surface area contributed by atoms with Crippen LogP contribution in [0.2, 0.25) is 0 Å². The Labute approximate surface area is 313 Å². The first kappa shape index (κ1) is 41.1. The standard InChI is InChI=1S/C40H54N6O6.CH4/c1-26-34(24-38(49)52-26)45-36(47)22-30(16-10-11-19-41)43-40(51)35(21-29-25-42-33-18-9-8-17-32(29)33)46-37(48)23-31(20-27-12-4-2-5-13-27)44-39(50)28-14-6-3-7-15-28;/h2,4-5,8-9,12-13,17-18,25-26,28,30-31,34-35,42H,3,6-7,10-11,14-16,19-24,41H2,1H3,(H,43,51)(H,44,50)(H,45,47)(H,46,48);1H4/t26-,30+,31+,34-,35-;/m1./s1. The molecule has 4 amide bonds. The molecule has 0 unspecified atom stereocenters. The van der Waals surface area contributed by atoms with Gasteiger partial charge in [-0.1, -0.05) is 81.6 Å². The number of H-pyrrole nitrogens is 1. The lowest BCUT2D eigenvalue weighted by Gasteiger charge is -2.27. The molecule has 1 saturated carbocycles. The Bertz CT molecular complexity index is 1650. The third kappa shape index (κ3) is 12.4. The average molecular weight is 731 g/mol. The van der Waals surface area contributed by atoms with E-state index in [0.717, 1.165) is 60.6 Å². The van der Waals surface area contributed by atoms with E-state index in [2.05, 4.69) is 26.3 Å². The number of hydrogen-bond donors (Lipinski definition) is 6. The molecule has 7 N–H and O–H groups in total. The molecule has 0 bridgehead atoms. The fourth-order valence-corrected chi connectivity index (χ4v) is 7.37. The second-order valence-electron chi connectivity index (χ2n) is 14.4. The van der Waals surface area contributed by atoms with Crippen molar-refractivity contribution in [3.8, 4) is 0 Å². The molecule has 1 aromatic heterocycles. The van der Waals surface area contributed by atoms with Gasteiger partial charge in [0.2, 0.25) is 23.6 Å². The first-order valence-corrected chi connectivity index (χ1v) is 18.9. The molecular weight excluding hydrogens is 672 g/mol. The number of unbranched alkanes of at least 4 members (excludes halogenated alkanes) is 1. The van der Waals surface area contributed by atoms with E-state index in [-0.39, 0.29) is 62.7 Å². The lowest BCUT2D eigenvalue weighted by atomic mass is 9.88. The number of amides is 4. The third-order valence-electron chi connectivity index (χ3n) is 10.2. The number of aromatic amines is 1. The molecule has 288 valence electrons. The van der Waals surface area contributed by atoms with Gasteiger partial charge in [0.1, 0.15) is 12.1 Å².